The van der Waals surface area contributed by atoms with Crippen LogP contribution in [-0.4, -0.2) is 0 Å². The van der Waals surface area contributed by atoms with Crippen molar-refractivity contribution in [2.45, 2.75) is 0 Å². The third kappa shape index (κ3) is 7.32. The van der Waals surface area contributed by atoms with E-state index in [-0.39, 0.29) is 0 Å². The van der Waals surface area contributed by atoms with Gasteiger partial charge >= 0.3 is 0 Å². The van der Waals surface area contributed by atoms with Crippen LogP contribution in [0.1, 0.15) is 0 Å². The van der Waals surface area contributed by atoms with Crippen LogP contribution in [0.4, 0.5) is 34.1 Å². The lowest BCUT2D eigenvalue weighted by Crippen LogP contribution is -2.13. The van der Waals surface area contributed by atoms with Crippen molar-refractivity contribution in [2.24, 2.45) is 0 Å². The van der Waals surface area contributed by atoms with Crippen LogP contribution in [-0.2, 0) is 0 Å². The van der Waals surface area contributed by atoms with Gasteiger partial charge in [0.05, 0.1) is 11.4 Å². The van der Waals surface area contributed by atoms with Crippen LogP contribution >= 0.6 is 0 Å². The molecule has 0 aliphatic carbocycles. The van der Waals surface area contributed by atoms with Gasteiger partial charge in [-0.25, -0.2) is 0 Å². The molecular formula is C60H42N2O. The number of rotatable bonds is 10. The van der Waals surface area contributed by atoms with E-state index in [1.165, 1.54) is 27.8 Å². The number of nitrogens with zero attached hydrogens (tertiary/aromatic N) is 2. The van der Waals surface area contributed by atoms with Crippen LogP contribution in [0.15, 0.2) is 259 Å². The molecule has 0 aliphatic rings. The van der Waals surface area contributed by atoms with Gasteiger partial charge in [-0.3, -0.25) is 0 Å². The molecule has 10 aromatic carbocycles. The molecule has 11 aromatic rings. The van der Waals surface area contributed by atoms with E-state index in [0.29, 0.717) is 0 Å². The second-order valence-electron chi connectivity index (χ2n) is 15.7. The van der Waals surface area contributed by atoms with Gasteiger partial charge in [-0.1, -0.05) is 182 Å². The van der Waals surface area contributed by atoms with E-state index in [9.17, 15) is 0 Å². The average molecular weight is 807 g/mol. The topological polar surface area (TPSA) is 19.6 Å². The van der Waals surface area contributed by atoms with Crippen molar-refractivity contribution < 1.29 is 4.42 Å². The van der Waals surface area contributed by atoms with Crippen molar-refractivity contribution in [1.82, 2.24) is 0 Å². The zero-order valence-electron chi connectivity index (χ0n) is 34.6. The maximum atomic E-state index is 6.50. The van der Waals surface area contributed by atoms with E-state index in [2.05, 4.69) is 252 Å². The van der Waals surface area contributed by atoms with E-state index >= 15 is 0 Å². The lowest BCUT2D eigenvalue weighted by atomic mass is 9.97. The van der Waals surface area contributed by atoms with Crippen molar-refractivity contribution in [3.8, 4) is 44.5 Å². The number of fused-ring (bicyclic) bond motifs is 3. The first kappa shape index (κ1) is 37.6. The van der Waals surface area contributed by atoms with Gasteiger partial charge in [0.2, 0.25) is 0 Å². The second-order valence-corrected chi connectivity index (χ2v) is 15.7. The molecule has 1 heterocycles. The highest BCUT2D eigenvalue weighted by molar-refractivity contribution is 6.06. The predicted octanol–water partition coefficient (Wildman–Crippen LogP) is 17.2. The molecule has 1 aromatic heterocycles. The second kappa shape index (κ2) is 16.6. The fourth-order valence-corrected chi connectivity index (χ4v) is 8.80. The Morgan fingerprint density at radius 3 is 1.03 bits per heavy atom. The zero-order valence-corrected chi connectivity index (χ0v) is 34.6. The molecule has 0 saturated heterocycles. The molecule has 3 nitrogen and oxygen atoms in total. The van der Waals surface area contributed by atoms with Crippen molar-refractivity contribution in [1.29, 1.82) is 0 Å². The highest BCUT2D eigenvalue weighted by Gasteiger charge is 2.23. The Morgan fingerprint density at radius 1 is 0.238 bits per heavy atom. The van der Waals surface area contributed by atoms with E-state index in [0.717, 1.165) is 72.8 Å². The van der Waals surface area contributed by atoms with Crippen LogP contribution in [0.5, 0.6) is 0 Å². The van der Waals surface area contributed by atoms with Gasteiger partial charge in [-0.2, -0.15) is 0 Å². The minimum Gasteiger partial charge on any atom is -0.456 e. The molecule has 3 heteroatoms. The number of benzene rings is 10. The summed E-state index contributed by atoms with van der Waals surface area (Å²) >= 11 is 0. The van der Waals surface area contributed by atoms with Crippen LogP contribution in [0.3, 0.4) is 0 Å². The summed E-state index contributed by atoms with van der Waals surface area (Å²) in [5.41, 5.74) is 17.3. The molecule has 0 saturated carbocycles. The van der Waals surface area contributed by atoms with Gasteiger partial charge in [0.25, 0.3) is 0 Å². The zero-order chi connectivity index (χ0) is 42.0. The van der Waals surface area contributed by atoms with Gasteiger partial charge in [-0.15, -0.1) is 0 Å². The third-order valence-electron chi connectivity index (χ3n) is 11.9. The quantitative estimate of drug-likeness (QED) is 0.137. The summed E-state index contributed by atoms with van der Waals surface area (Å²) in [4.78, 5) is 4.75. The highest BCUT2D eigenvalue weighted by atomic mass is 16.3. The first-order valence-corrected chi connectivity index (χ1v) is 21.4. The predicted molar refractivity (Wildman–Crippen MR) is 265 cm³/mol. The maximum absolute atomic E-state index is 6.50. The van der Waals surface area contributed by atoms with Gasteiger partial charge in [-0.05, 0) is 100 Å². The summed E-state index contributed by atoms with van der Waals surface area (Å²) in [6.45, 7) is 0. The largest absolute Gasteiger partial charge is 0.456 e. The summed E-state index contributed by atoms with van der Waals surface area (Å²) in [5.74, 6) is 0. The van der Waals surface area contributed by atoms with Crippen molar-refractivity contribution in [3.05, 3.63) is 255 Å². The van der Waals surface area contributed by atoms with Crippen LogP contribution in [0.2, 0.25) is 0 Å². The molecule has 0 unspecified atom stereocenters. The normalized spacial score (nSPS) is 11.2. The fourth-order valence-electron chi connectivity index (χ4n) is 8.80. The van der Waals surface area contributed by atoms with Gasteiger partial charge < -0.3 is 14.2 Å². The summed E-state index contributed by atoms with van der Waals surface area (Å²) in [6, 6.07) is 90.8. The van der Waals surface area contributed by atoms with E-state index in [4.69, 9.17) is 4.42 Å². The monoisotopic (exact) mass is 806 g/mol. The van der Waals surface area contributed by atoms with Gasteiger partial charge in [0.15, 0.2) is 0 Å². The summed E-state index contributed by atoms with van der Waals surface area (Å²) in [6.07, 6.45) is 0. The minimum absolute atomic E-state index is 0.849. The first-order chi connectivity index (χ1) is 31.2. The standard InChI is InChI=1S/C60H42N2O/c1-4-16-43(17-5-1)46-28-34-49(35-29-46)61(50-36-30-47(31-37-50)44-18-6-2-7-19-44)57-25-13-10-22-53(57)54-23-11-14-26-58(54)62(51-38-32-48(33-39-51)45-20-8-3-9-21-45)52-40-41-56-55-24-12-15-27-59(55)63-60(56)42-52/h1-42H. The van der Waals surface area contributed by atoms with Gasteiger partial charge in [0, 0.05) is 50.7 Å². The first-order valence-electron chi connectivity index (χ1n) is 21.4. The number of hydrogen-bond donors (Lipinski definition) is 0. The average Bonchev–Trinajstić information content (AvgIpc) is 3.74. The number of anilines is 6. The number of furan rings is 1. The molecular weight excluding hydrogens is 765 g/mol. The molecule has 0 radical (unpaired) electrons. The smallest absolute Gasteiger partial charge is 0.137 e. The number of para-hydroxylation sites is 3. The van der Waals surface area contributed by atoms with Crippen LogP contribution < -0.4 is 9.80 Å². The maximum Gasteiger partial charge on any atom is 0.137 e. The molecule has 63 heavy (non-hydrogen) atoms. The Balaban J connectivity index is 1.08. The SMILES string of the molecule is c1ccc(-c2ccc(N(c3ccc(-c4ccccc4)cc3)c3ccccc3-c3ccccc3N(c3ccc(-c4ccccc4)cc3)c3ccc4c(c3)oc3ccccc34)cc2)cc1. The Morgan fingerprint density at radius 2 is 0.571 bits per heavy atom. The Kier molecular flexibility index (Phi) is 9.89. The minimum atomic E-state index is 0.849. The van der Waals surface area contributed by atoms with Crippen LogP contribution in [0.25, 0.3) is 66.4 Å². The summed E-state index contributed by atoms with van der Waals surface area (Å²) in [5, 5.41) is 2.21. The Bertz CT molecular complexity index is 3220. The van der Waals surface area contributed by atoms with E-state index < -0.39 is 0 Å². The lowest BCUT2D eigenvalue weighted by molar-refractivity contribution is 0.669. The number of hydrogen-bond acceptors (Lipinski definition) is 3. The molecule has 0 bridgehead atoms. The summed E-state index contributed by atoms with van der Waals surface area (Å²) < 4.78 is 6.50. The molecule has 0 amide bonds. The lowest BCUT2D eigenvalue weighted by Gasteiger charge is -2.31. The highest BCUT2D eigenvalue weighted by Crippen LogP contribution is 2.48. The fraction of sp³-hybridized carbons (Fsp3) is 0. The Labute approximate surface area is 368 Å². The molecule has 0 atom stereocenters. The van der Waals surface area contributed by atoms with Gasteiger partial charge in [0.1, 0.15) is 11.2 Å². The van der Waals surface area contributed by atoms with Crippen molar-refractivity contribution in [2.75, 3.05) is 9.80 Å². The summed E-state index contributed by atoms with van der Waals surface area (Å²) in [7, 11) is 0. The third-order valence-corrected chi connectivity index (χ3v) is 11.9. The molecule has 0 fully saturated rings. The molecule has 0 spiro atoms. The van der Waals surface area contributed by atoms with E-state index in [1.54, 1.807) is 0 Å². The van der Waals surface area contributed by atoms with Crippen LogP contribution in [0, 0.1) is 0 Å². The Hall–Kier alpha value is -8.40. The molecule has 298 valence electrons. The van der Waals surface area contributed by atoms with Crippen molar-refractivity contribution >= 4 is 56.1 Å². The van der Waals surface area contributed by atoms with E-state index in [1.807, 2.05) is 12.1 Å². The molecule has 11 rings (SSSR count). The van der Waals surface area contributed by atoms with Crippen molar-refractivity contribution in [3.63, 3.8) is 0 Å². The molecule has 0 N–H and O–H groups in total. The molecule has 0 aliphatic heterocycles.